The topological polar surface area (TPSA) is 30.5 Å². The summed E-state index contributed by atoms with van der Waals surface area (Å²) in [6.07, 6.45) is 1.36. The third-order valence-corrected chi connectivity index (χ3v) is 2.82. The van der Waals surface area contributed by atoms with Crippen molar-refractivity contribution in [2.24, 2.45) is 5.92 Å². The monoisotopic (exact) mass is 265 g/mol. The molecule has 1 N–H and O–H groups in total. The highest BCUT2D eigenvalue weighted by Crippen LogP contribution is 2.28. The van der Waals surface area contributed by atoms with Gasteiger partial charge in [0.15, 0.2) is 11.5 Å². The lowest BCUT2D eigenvalue weighted by atomic mass is 10.1. The Balaban J connectivity index is 2.56. The summed E-state index contributed by atoms with van der Waals surface area (Å²) >= 11 is 0. The molecule has 0 saturated carbocycles. The lowest BCUT2D eigenvalue weighted by Gasteiger charge is -2.15. The molecule has 0 aliphatic carbocycles. The molecule has 0 spiro atoms. The van der Waals surface area contributed by atoms with E-state index in [9.17, 15) is 0 Å². The summed E-state index contributed by atoms with van der Waals surface area (Å²) in [5.74, 6) is 2.35. The summed E-state index contributed by atoms with van der Waals surface area (Å²) < 4.78 is 11.1. The molecule has 0 amide bonds. The third kappa shape index (κ3) is 5.97. The van der Waals surface area contributed by atoms with Crippen LogP contribution in [0, 0.1) is 5.92 Å². The van der Waals surface area contributed by atoms with Crippen LogP contribution in [0.15, 0.2) is 18.2 Å². The molecule has 1 aromatic carbocycles. The predicted molar refractivity (Wildman–Crippen MR) is 79.9 cm³/mol. The van der Waals surface area contributed by atoms with Gasteiger partial charge in [0, 0.05) is 6.54 Å². The number of rotatable bonds is 8. The molecule has 0 aromatic heterocycles. The molecule has 0 radical (unpaired) electrons. The van der Waals surface area contributed by atoms with Crippen molar-refractivity contribution >= 4 is 0 Å². The molecule has 0 bridgehead atoms. The van der Waals surface area contributed by atoms with Crippen molar-refractivity contribution in [3.05, 3.63) is 23.8 Å². The summed E-state index contributed by atoms with van der Waals surface area (Å²) in [5.41, 5.74) is 1.22. The van der Waals surface area contributed by atoms with Gasteiger partial charge in [0.2, 0.25) is 0 Å². The number of nitrogens with one attached hydrogen (secondary N) is 1. The molecule has 0 fully saturated rings. The minimum absolute atomic E-state index is 0.156. The van der Waals surface area contributed by atoms with E-state index < -0.39 is 0 Å². The first-order chi connectivity index (χ1) is 9.02. The maximum absolute atomic E-state index is 5.70. The van der Waals surface area contributed by atoms with E-state index in [2.05, 4.69) is 25.2 Å². The van der Waals surface area contributed by atoms with Crippen molar-refractivity contribution in [3.8, 4) is 11.5 Å². The van der Waals surface area contributed by atoms with Crippen molar-refractivity contribution in [1.82, 2.24) is 5.32 Å². The van der Waals surface area contributed by atoms with E-state index in [-0.39, 0.29) is 6.10 Å². The standard InChI is InChI=1S/C16H27NO2/c1-12(2)8-9-17-11-14-6-7-15(19-13(3)4)16(10-14)18-5/h6-7,10,12-13,17H,8-9,11H2,1-5H3. The van der Waals surface area contributed by atoms with E-state index in [1.54, 1.807) is 7.11 Å². The summed E-state index contributed by atoms with van der Waals surface area (Å²) in [4.78, 5) is 0. The van der Waals surface area contributed by atoms with Crippen molar-refractivity contribution in [2.45, 2.75) is 46.8 Å². The van der Waals surface area contributed by atoms with Gasteiger partial charge in [0.25, 0.3) is 0 Å². The first-order valence-electron chi connectivity index (χ1n) is 7.07. The molecule has 3 heteroatoms. The second kappa shape index (κ2) is 8.05. The zero-order valence-corrected chi connectivity index (χ0v) is 12.8. The maximum Gasteiger partial charge on any atom is 0.161 e. The second-order valence-electron chi connectivity index (χ2n) is 5.51. The van der Waals surface area contributed by atoms with Gasteiger partial charge in [-0.25, -0.2) is 0 Å². The third-order valence-electron chi connectivity index (χ3n) is 2.82. The Kier molecular flexibility index (Phi) is 6.71. The summed E-state index contributed by atoms with van der Waals surface area (Å²) in [6.45, 7) is 10.4. The highest BCUT2D eigenvalue weighted by atomic mass is 16.5. The smallest absolute Gasteiger partial charge is 0.161 e. The van der Waals surface area contributed by atoms with Gasteiger partial charge in [-0.2, -0.15) is 0 Å². The van der Waals surface area contributed by atoms with E-state index in [1.807, 2.05) is 26.0 Å². The molecular weight excluding hydrogens is 238 g/mol. The predicted octanol–water partition coefficient (Wildman–Crippen LogP) is 3.62. The van der Waals surface area contributed by atoms with Crippen LogP contribution in [0.1, 0.15) is 39.7 Å². The van der Waals surface area contributed by atoms with Gasteiger partial charge in [0.05, 0.1) is 13.2 Å². The van der Waals surface area contributed by atoms with E-state index in [1.165, 1.54) is 12.0 Å². The molecule has 0 saturated heterocycles. The number of methoxy groups -OCH3 is 1. The molecule has 19 heavy (non-hydrogen) atoms. The van der Waals surface area contributed by atoms with Gasteiger partial charge in [-0.05, 0) is 50.4 Å². The average Bonchev–Trinajstić information content (AvgIpc) is 2.35. The van der Waals surface area contributed by atoms with Gasteiger partial charge in [0.1, 0.15) is 0 Å². The zero-order valence-electron chi connectivity index (χ0n) is 12.8. The van der Waals surface area contributed by atoms with Crippen LogP contribution in [0.3, 0.4) is 0 Å². The van der Waals surface area contributed by atoms with Gasteiger partial charge < -0.3 is 14.8 Å². The minimum Gasteiger partial charge on any atom is -0.493 e. The number of hydrogen-bond donors (Lipinski definition) is 1. The lowest BCUT2D eigenvalue weighted by Crippen LogP contribution is -2.16. The van der Waals surface area contributed by atoms with Crippen molar-refractivity contribution in [3.63, 3.8) is 0 Å². The molecule has 0 atom stereocenters. The van der Waals surface area contributed by atoms with E-state index in [0.29, 0.717) is 0 Å². The van der Waals surface area contributed by atoms with Gasteiger partial charge >= 0.3 is 0 Å². The zero-order chi connectivity index (χ0) is 14.3. The fraction of sp³-hybridized carbons (Fsp3) is 0.625. The lowest BCUT2D eigenvalue weighted by molar-refractivity contribution is 0.230. The molecule has 0 heterocycles. The fourth-order valence-electron chi connectivity index (χ4n) is 1.80. The maximum atomic E-state index is 5.70. The first kappa shape index (κ1) is 15.8. The quantitative estimate of drug-likeness (QED) is 0.728. The highest BCUT2D eigenvalue weighted by molar-refractivity contribution is 5.43. The van der Waals surface area contributed by atoms with Crippen molar-refractivity contribution < 1.29 is 9.47 Å². The molecular formula is C16H27NO2. The van der Waals surface area contributed by atoms with E-state index >= 15 is 0 Å². The molecule has 3 nitrogen and oxygen atoms in total. The van der Waals surface area contributed by atoms with Crippen molar-refractivity contribution in [2.75, 3.05) is 13.7 Å². The molecule has 0 aliphatic rings. The summed E-state index contributed by atoms with van der Waals surface area (Å²) in [5, 5.41) is 3.45. The normalized spacial score (nSPS) is 11.1. The van der Waals surface area contributed by atoms with Gasteiger partial charge in [-0.15, -0.1) is 0 Å². The SMILES string of the molecule is COc1cc(CNCCC(C)C)ccc1OC(C)C. The van der Waals surface area contributed by atoms with Crippen LogP contribution >= 0.6 is 0 Å². The van der Waals surface area contributed by atoms with Crippen molar-refractivity contribution in [1.29, 1.82) is 0 Å². The Morgan fingerprint density at radius 2 is 1.84 bits per heavy atom. The van der Waals surface area contributed by atoms with Gasteiger partial charge in [-0.3, -0.25) is 0 Å². The molecule has 0 unspecified atom stereocenters. The van der Waals surface area contributed by atoms with Gasteiger partial charge in [-0.1, -0.05) is 19.9 Å². The summed E-state index contributed by atoms with van der Waals surface area (Å²) in [6, 6.07) is 6.11. The van der Waals surface area contributed by atoms with Crippen LogP contribution in [-0.2, 0) is 6.54 Å². The van der Waals surface area contributed by atoms with Crippen LogP contribution in [0.5, 0.6) is 11.5 Å². The van der Waals surface area contributed by atoms with E-state index in [0.717, 1.165) is 30.5 Å². The second-order valence-corrected chi connectivity index (χ2v) is 5.51. The average molecular weight is 265 g/mol. The fourth-order valence-corrected chi connectivity index (χ4v) is 1.80. The Morgan fingerprint density at radius 1 is 1.11 bits per heavy atom. The van der Waals surface area contributed by atoms with Crippen LogP contribution in [0.2, 0.25) is 0 Å². The molecule has 108 valence electrons. The Morgan fingerprint density at radius 3 is 2.42 bits per heavy atom. The highest BCUT2D eigenvalue weighted by Gasteiger charge is 2.07. The molecule has 0 aliphatic heterocycles. The Labute approximate surface area is 117 Å². The number of benzene rings is 1. The minimum atomic E-state index is 0.156. The Bertz CT molecular complexity index is 375. The van der Waals surface area contributed by atoms with Crippen LogP contribution in [0.4, 0.5) is 0 Å². The first-order valence-corrected chi connectivity index (χ1v) is 7.07. The van der Waals surface area contributed by atoms with Crippen LogP contribution < -0.4 is 14.8 Å². The largest absolute Gasteiger partial charge is 0.493 e. The summed E-state index contributed by atoms with van der Waals surface area (Å²) in [7, 11) is 1.68. The molecule has 1 rings (SSSR count). The van der Waals surface area contributed by atoms with Crippen LogP contribution in [0.25, 0.3) is 0 Å². The Hall–Kier alpha value is -1.22. The van der Waals surface area contributed by atoms with Crippen LogP contribution in [-0.4, -0.2) is 19.8 Å². The number of ether oxygens (including phenoxy) is 2. The number of hydrogen-bond acceptors (Lipinski definition) is 3. The van der Waals surface area contributed by atoms with E-state index in [4.69, 9.17) is 9.47 Å². The molecule has 1 aromatic rings.